The van der Waals surface area contributed by atoms with E-state index in [1.165, 1.54) is 6.07 Å². The summed E-state index contributed by atoms with van der Waals surface area (Å²) < 4.78 is 13.3. The molecule has 0 fully saturated rings. The Balaban J connectivity index is 2.42. The van der Waals surface area contributed by atoms with Crippen LogP contribution in [-0.2, 0) is 4.79 Å². The first-order valence-corrected chi connectivity index (χ1v) is 6.95. The number of anilines is 1. The predicted octanol–water partition coefficient (Wildman–Crippen LogP) is 2.54. The summed E-state index contributed by atoms with van der Waals surface area (Å²) >= 11 is 1.55. The van der Waals surface area contributed by atoms with E-state index in [9.17, 15) is 9.18 Å². The van der Waals surface area contributed by atoms with Gasteiger partial charge in [-0.2, -0.15) is 0 Å². The fourth-order valence-electron chi connectivity index (χ4n) is 1.40. The molecule has 0 aliphatic carbocycles. The monoisotopic (exact) mass is 270 g/mol. The fourth-order valence-corrected chi connectivity index (χ4v) is 2.21. The third kappa shape index (κ3) is 5.06. The average molecular weight is 270 g/mol. The van der Waals surface area contributed by atoms with Crippen LogP contribution in [0.3, 0.4) is 0 Å². The molecule has 18 heavy (non-hydrogen) atoms. The van der Waals surface area contributed by atoms with Gasteiger partial charge in [0.15, 0.2) is 0 Å². The zero-order valence-corrected chi connectivity index (χ0v) is 11.5. The highest BCUT2D eigenvalue weighted by Gasteiger charge is 2.07. The molecule has 1 aromatic rings. The second kappa shape index (κ2) is 7.38. The average Bonchev–Trinajstić information content (AvgIpc) is 2.32. The Labute approximate surface area is 111 Å². The standard InChI is InChI=1S/C13H19FN2OS/c1-9-3-4-11(7-12(9)14)16-13(17)8-18-10(2)5-6-15/h3-4,7,10H,5-6,8,15H2,1-2H3,(H,16,17). The van der Waals surface area contributed by atoms with Crippen LogP contribution in [0.1, 0.15) is 18.9 Å². The molecule has 3 nitrogen and oxygen atoms in total. The minimum atomic E-state index is -0.308. The Morgan fingerprint density at radius 2 is 2.28 bits per heavy atom. The summed E-state index contributed by atoms with van der Waals surface area (Å²) in [6, 6.07) is 4.68. The summed E-state index contributed by atoms with van der Waals surface area (Å²) in [5, 5.41) is 3.03. The Morgan fingerprint density at radius 3 is 2.89 bits per heavy atom. The number of amides is 1. The first-order chi connectivity index (χ1) is 8.52. The molecule has 1 rings (SSSR count). The van der Waals surface area contributed by atoms with Gasteiger partial charge in [0.1, 0.15) is 5.82 Å². The van der Waals surface area contributed by atoms with Crippen LogP contribution < -0.4 is 11.1 Å². The lowest BCUT2D eigenvalue weighted by atomic mass is 10.2. The van der Waals surface area contributed by atoms with Crippen molar-refractivity contribution in [2.75, 3.05) is 17.6 Å². The SMILES string of the molecule is Cc1ccc(NC(=O)CSC(C)CCN)cc1F. The van der Waals surface area contributed by atoms with Crippen LogP contribution in [0.5, 0.6) is 0 Å². The Hall–Kier alpha value is -1.07. The van der Waals surface area contributed by atoms with E-state index in [0.717, 1.165) is 6.42 Å². The van der Waals surface area contributed by atoms with E-state index in [1.807, 2.05) is 6.92 Å². The van der Waals surface area contributed by atoms with E-state index in [1.54, 1.807) is 30.8 Å². The van der Waals surface area contributed by atoms with E-state index < -0.39 is 0 Å². The number of hydrogen-bond donors (Lipinski definition) is 2. The van der Waals surface area contributed by atoms with Crippen LogP contribution in [-0.4, -0.2) is 23.5 Å². The zero-order chi connectivity index (χ0) is 13.5. The molecule has 3 N–H and O–H groups in total. The van der Waals surface area contributed by atoms with Gasteiger partial charge in [-0.1, -0.05) is 13.0 Å². The second-order valence-corrected chi connectivity index (χ2v) is 5.64. The van der Waals surface area contributed by atoms with Gasteiger partial charge in [-0.25, -0.2) is 4.39 Å². The summed E-state index contributed by atoms with van der Waals surface area (Å²) in [6.07, 6.45) is 0.886. The summed E-state index contributed by atoms with van der Waals surface area (Å²) in [5.74, 6) is -0.0690. The van der Waals surface area contributed by atoms with Crippen LogP contribution in [0, 0.1) is 12.7 Å². The first kappa shape index (κ1) is 15.0. The van der Waals surface area contributed by atoms with E-state index >= 15 is 0 Å². The minimum Gasteiger partial charge on any atom is -0.330 e. The number of carbonyl (C=O) groups is 1. The Bertz CT molecular complexity index is 412. The van der Waals surface area contributed by atoms with Crippen LogP contribution in [0.15, 0.2) is 18.2 Å². The number of rotatable bonds is 6. The lowest BCUT2D eigenvalue weighted by Crippen LogP contribution is -2.17. The van der Waals surface area contributed by atoms with Crippen molar-refractivity contribution in [1.29, 1.82) is 0 Å². The second-order valence-electron chi connectivity index (χ2n) is 4.21. The minimum absolute atomic E-state index is 0.118. The molecule has 0 saturated carbocycles. The van der Waals surface area contributed by atoms with Gasteiger partial charge < -0.3 is 11.1 Å². The van der Waals surface area contributed by atoms with Crippen molar-refractivity contribution in [3.63, 3.8) is 0 Å². The molecule has 1 amide bonds. The largest absolute Gasteiger partial charge is 0.330 e. The zero-order valence-electron chi connectivity index (χ0n) is 10.7. The maximum Gasteiger partial charge on any atom is 0.234 e. The topological polar surface area (TPSA) is 55.1 Å². The molecule has 0 heterocycles. The number of thioether (sulfide) groups is 1. The highest BCUT2D eigenvalue weighted by Crippen LogP contribution is 2.16. The number of benzene rings is 1. The summed E-state index contributed by atoms with van der Waals surface area (Å²) in [6.45, 7) is 4.35. The van der Waals surface area contributed by atoms with Crippen molar-refractivity contribution in [3.05, 3.63) is 29.6 Å². The molecule has 0 spiro atoms. The molecule has 0 radical (unpaired) electrons. The van der Waals surface area contributed by atoms with E-state index in [4.69, 9.17) is 5.73 Å². The summed E-state index contributed by atoms with van der Waals surface area (Å²) in [5.41, 5.74) is 6.50. The normalized spacial score (nSPS) is 12.2. The van der Waals surface area contributed by atoms with E-state index in [-0.39, 0.29) is 11.7 Å². The highest BCUT2D eigenvalue weighted by molar-refractivity contribution is 8.00. The quantitative estimate of drug-likeness (QED) is 0.835. The van der Waals surface area contributed by atoms with Gasteiger partial charge in [0.2, 0.25) is 5.91 Å². The van der Waals surface area contributed by atoms with Crippen molar-refractivity contribution in [2.45, 2.75) is 25.5 Å². The van der Waals surface area contributed by atoms with Crippen molar-refractivity contribution >= 4 is 23.4 Å². The van der Waals surface area contributed by atoms with Crippen molar-refractivity contribution in [3.8, 4) is 0 Å². The molecule has 0 aliphatic heterocycles. The molecule has 1 unspecified atom stereocenters. The van der Waals surface area contributed by atoms with Gasteiger partial charge in [-0.3, -0.25) is 4.79 Å². The maximum absolute atomic E-state index is 13.3. The van der Waals surface area contributed by atoms with Crippen LogP contribution in [0.4, 0.5) is 10.1 Å². The lowest BCUT2D eigenvalue weighted by molar-refractivity contribution is -0.113. The van der Waals surface area contributed by atoms with Gasteiger partial charge in [0.05, 0.1) is 5.75 Å². The van der Waals surface area contributed by atoms with Gasteiger partial charge in [0.25, 0.3) is 0 Å². The number of carbonyl (C=O) groups excluding carboxylic acids is 1. The van der Waals surface area contributed by atoms with Crippen molar-refractivity contribution in [2.24, 2.45) is 5.73 Å². The molecule has 0 aliphatic rings. The molecular weight excluding hydrogens is 251 g/mol. The van der Waals surface area contributed by atoms with Gasteiger partial charge >= 0.3 is 0 Å². The van der Waals surface area contributed by atoms with E-state index in [2.05, 4.69) is 5.32 Å². The van der Waals surface area contributed by atoms with Gasteiger partial charge in [-0.15, -0.1) is 11.8 Å². The number of nitrogens with one attached hydrogen (secondary N) is 1. The van der Waals surface area contributed by atoms with Gasteiger partial charge in [0, 0.05) is 10.9 Å². The van der Waals surface area contributed by atoms with Crippen molar-refractivity contribution in [1.82, 2.24) is 0 Å². The molecule has 5 heteroatoms. The van der Waals surface area contributed by atoms with E-state index in [0.29, 0.717) is 28.8 Å². The van der Waals surface area contributed by atoms with Crippen LogP contribution in [0.25, 0.3) is 0 Å². The fraction of sp³-hybridized carbons (Fsp3) is 0.462. The molecule has 1 atom stereocenters. The smallest absolute Gasteiger partial charge is 0.234 e. The van der Waals surface area contributed by atoms with Crippen LogP contribution in [0.2, 0.25) is 0 Å². The number of aryl methyl sites for hydroxylation is 1. The molecule has 100 valence electrons. The summed E-state index contributed by atoms with van der Waals surface area (Å²) in [4.78, 5) is 11.6. The van der Waals surface area contributed by atoms with Crippen LogP contribution >= 0.6 is 11.8 Å². The maximum atomic E-state index is 13.3. The molecule has 1 aromatic carbocycles. The third-order valence-corrected chi connectivity index (χ3v) is 3.76. The van der Waals surface area contributed by atoms with Gasteiger partial charge in [-0.05, 0) is 37.6 Å². The third-order valence-electron chi connectivity index (χ3n) is 2.53. The number of nitrogens with two attached hydrogens (primary N) is 1. The Morgan fingerprint density at radius 1 is 1.56 bits per heavy atom. The molecule has 0 bridgehead atoms. The molecular formula is C13H19FN2OS. The number of hydrogen-bond acceptors (Lipinski definition) is 3. The lowest BCUT2D eigenvalue weighted by Gasteiger charge is -2.10. The van der Waals surface area contributed by atoms with Crippen molar-refractivity contribution < 1.29 is 9.18 Å². The highest BCUT2D eigenvalue weighted by atomic mass is 32.2. The predicted molar refractivity (Wildman–Crippen MR) is 75.4 cm³/mol. The Kier molecular flexibility index (Phi) is 6.15. The molecule has 0 aromatic heterocycles. The molecule has 0 saturated heterocycles. The number of halogens is 1. The first-order valence-electron chi connectivity index (χ1n) is 5.90. The summed E-state index contributed by atoms with van der Waals surface area (Å²) in [7, 11) is 0.